The number of nitrogens with one attached hydrogen (secondary N) is 2. The molecular weight excluding hydrogens is 410 g/mol. The zero-order valence-corrected chi connectivity index (χ0v) is 17.1. The number of nitrogens with two attached hydrogens (primary N) is 1. The Morgan fingerprint density at radius 3 is 2.60 bits per heavy atom. The molecule has 0 saturated heterocycles. The Labute approximate surface area is 177 Å². The van der Waals surface area contributed by atoms with Gasteiger partial charge in [0.05, 0.1) is 11.4 Å². The summed E-state index contributed by atoms with van der Waals surface area (Å²) in [6.45, 7) is 0. The summed E-state index contributed by atoms with van der Waals surface area (Å²) in [7, 11) is 0. The zero-order valence-electron chi connectivity index (χ0n) is 16.3. The van der Waals surface area contributed by atoms with Gasteiger partial charge in [-0.1, -0.05) is 30.3 Å². The van der Waals surface area contributed by atoms with Crippen LogP contribution < -0.4 is 16.0 Å². The van der Waals surface area contributed by atoms with E-state index in [0.29, 0.717) is 17.5 Å². The van der Waals surface area contributed by atoms with E-state index in [1.54, 1.807) is 30.3 Å². The van der Waals surface area contributed by atoms with Crippen molar-refractivity contribution in [1.82, 2.24) is 5.32 Å². The van der Waals surface area contributed by atoms with Gasteiger partial charge in [0.1, 0.15) is 6.04 Å². The number of halogens is 2. The first-order chi connectivity index (χ1) is 14.3. The third-order valence-corrected chi connectivity index (χ3v) is 5.87. The lowest BCUT2D eigenvalue weighted by Gasteiger charge is -2.37. The first-order valence-corrected chi connectivity index (χ1v) is 10.5. The van der Waals surface area contributed by atoms with Gasteiger partial charge in [-0.3, -0.25) is 14.5 Å². The number of thioether (sulfide) groups is 1. The van der Waals surface area contributed by atoms with Crippen LogP contribution in [0, 0.1) is 5.41 Å². The molecular formula is C21H22F2N4O2S. The van der Waals surface area contributed by atoms with E-state index in [1.807, 2.05) is 18.4 Å². The minimum Gasteiger partial charge on any atom is -0.397 e. The third kappa shape index (κ3) is 4.30. The first-order valence-electron chi connectivity index (χ1n) is 9.25. The molecule has 30 heavy (non-hydrogen) atoms. The largest absolute Gasteiger partial charge is 0.397 e. The molecule has 0 heterocycles. The fourth-order valence-electron chi connectivity index (χ4n) is 3.53. The summed E-state index contributed by atoms with van der Waals surface area (Å²) in [5.41, 5.74) is 7.54. The predicted octanol–water partition coefficient (Wildman–Crippen LogP) is 3.61. The van der Waals surface area contributed by atoms with Crippen LogP contribution in [0.15, 0.2) is 47.4 Å². The van der Waals surface area contributed by atoms with Crippen molar-refractivity contribution in [3.8, 4) is 0 Å². The monoisotopic (exact) mass is 432 g/mol. The maximum absolute atomic E-state index is 13.2. The first kappa shape index (κ1) is 21.8. The van der Waals surface area contributed by atoms with Crippen LogP contribution in [-0.2, 0) is 9.59 Å². The lowest BCUT2D eigenvalue weighted by Crippen LogP contribution is -2.53. The summed E-state index contributed by atoms with van der Waals surface area (Å²) in [6.07, 6.45) is 2.54. The molecule has 1 aliphatic rings. The molecule has 1 saturated carbocycles. The van der Waals surface area contributed by atoms with Crippen molar-refractivity contribution in [2.75, 3.05) is 16.9 Å². The van der Waals surface area contributed by atoms with Crippen molar-refractivity contribution in [2.45, 2.75) is 35.7 Å². The number of hydrogen-bond acceptors (Lipinski definition) is 5. The average Bonchev–Trinajstić information content (AvgIpc) is 2.71. The summed E-state index contributed by atoms with van der Waals surface area (Å²) < 4.78 is 26.5. The molecule has 1 unspecified atom stereocenters. The molecule has 2 aromatic rings. The van der Waals surface area contributed by atoms with E-state index in [2.05, 4.69) is 5.32 Å². The molecule has 0 aromatic heterocycles. The van der Waals surface area contributed by atoms with Gasteiger partial charge in [-0.25, -0.2) is 8.78 Å². The molecule has 4 N–H and O–H groups in total. The van der Waals surface area contributed by atoms with E-state index in [9.17, 15) is 18.4 Å². The van der Waals surface area contributed by atoms with E-state index in [-0.39, 0.29) is 11.4 Å². The van der Waals surface area contributed by atoms with E-state index in [0.717, 1.165) is 11.1 Å². The number of anilines is 2. The summed E-state index contributed by atoms with van der Waals surface area (Å²) in [6, 6.07) is 10.2. The van der Waals surface area contributed by atoms with Crippen LogP contribution in [-0.4, -0.2) is 36.8 Å². The molecule has 2 amide bonds. The second-order valence-corrected chi connectivity index (χ2v) is 7.90. The molecule has 2 aromatic carbocycles. The van der Waals surface area contributed by atoms with E-state index in [1.165, 1.54) is 16.7 Å². The van der Waals surface area contributed by atoms with Gasteiger partial charge in [0.25, 0.3) is 5.92 Å². The van der Waals surface area contributed by atoms with Gasteiger partial charge in [-0.15, -0.1) is 11.8 Å². The summed E-state index contributed by atoms with van der Waals surface area (Å²) >= 11 is 1.40. The number of para-hydroxylation sites is 1. The predicted molar refractivity (Wildman–Crippen MR) is 114 cm³/mol. The maximum Gasteiger partial charge on any atom is 0.252 e. The number of benzene rings is 2. The second-order valence-electron chi connectivity index (χ2n) is 7.05. The minimum atomic E-state index is -2.78. The number of nitrogens with zero attached hydrogens (tertiary/aromatic N) is 1. The van der Waals surface area contributed by atoms with Crippen LogP contribution in [0.3, 0.4) is 0 Å². The molecule has 1 fully saturated rings. The van der Waals surface area contributed by atoms with E-state index < -0.39 is 36.8 Å². The van der Waals surface area contributed by atoms with Crippen molar-refractivity contribution in [3.05, 3.63) is 53.6 Å². The number of alkyl halides is 2. The Balaban J connectivity index is 2.05. The van der Waals surface area contributed by atoms with Gasteiger partial charge < -0.3 is 16.5 Å². The quantitative estimate of drug-likeness (QED) is 0.257. The summed E-state index contributed by atoms with van der Waals surface area (Å²) in [4.78, 5) is 27.3. The molecule has 6 nitrogen and oxygen atoms in total. The maximum atomic E-state index is 13.2. The molecule has 1 aliphatic carbocycles. The van der Waals surface area contributed by atoms with Gasteiger partial charge in [0.15, 0.2) is 0 Å². The van der Waals surface area contributed by atoms with Crippen LogP contribution in [0.25, 0.3) is 0 Å². The lowest BCUT2D eigenvalue weighted by molar-refractivity contribution is -0.131. The van der Waals surface area contributed by atoms with E-state index >= 15 is 0 Å². The van der Waals surface area contributed by atoms with Crippen LogP contribution >= 0.6 is 11.8 Å². The van der Waals surface area contributed by atoms with Crippen molar-refractivity contribution >= 4 is 41.7 Å². The Bertz CT molecular complexity index is 962. The van der Waals surface area contributed by atoms with Gasteiger partial charge in [0, 0.05) is 35.6 Å². The van der Waals surface area contributed by atoms with Crippen LogP contribution in [0.5, 0.6) is 0 Å². The fraction of sp³-hybridized carbons (Fsp3) is 0.286. The highest BCUT2D eigenvalue weighted by molar-refractivity contribution is 7.98. The smallest absolute Gasteiger partial charge is 0.252 e. The number of carbonyl (C=O) groups is 2. The van der Waals surface area contributed by atoms with E-state index in [4.69, 9.17) is 11.1 Å². The molecule has 9 heteroatoms. The van der Waals surface area contributed by atoms with Crippen LogP contribution in [0.1, 0.15) is 30.0 Å². The van der Waals surface area contributed by atoms with Gasteiger partial charge in [-0.2, -0.15) is 0 Å². The molecule has 1 atom stereocenters. The minimum absolute atomic E-state index is 0.175. The number of hydrogen-bond donors (Lipinski definition) is 3. The van der Waals surface area contributed by atoms with Crippen molar-refractivity contribution < 1.29 is 18.4 Å². The highest BCUT2D eigenvalue weighted by Crippen LogP contribution is 2.39. The third-order valence-electron chi connectivity index (χ3n) is 5.06. The summed E-state index contributed by atoms with van der Waals surface area (Å²) in [5, 5.41) is 10.1. The summed E-state index contributed by atoms with van der Waals surface area (Å²) in [5.74, 6) is -3.35. The van der Waals surface area contributed by atoms with Crippen molar-refractivity contribution in [3.63, 3.8) is 0 Å². The highest BCUT2D eigenvalue weighted by Gasteiger charge is 2.47. The van der Waals surface area contributed by atoms with Crippen molar-refractivity contribution in [1.29, 1.82) is 5.41 Å². The Hall–Kier alpha value is -2.94. The standard InChI is InChI=1S/C21H22F2N4O2S/c1-30-17-8-3-2-6-15(17)19(20(29)26-14-9-21(22,23)10-14)27(12-28)16-7-4-5-13(11-24)18(16)25/h2-8,11-12,14,19,24H,9-10,25H2,1H3,(H,26,29). The Morgan fingerprint density at radius 2 is 2.00 bits per heavy atom. The average molecular weight is 432 g/mol. The van der Waals surface area contributed by atoms with Gasteiger partial charge in [-0.05, 0) is 24.0 Å². The number of nitrogen functional groups attached to an aromatic ring is 1. The van der Waals surface area contributed by atoms with Gasteiger partial charge >= 0.3 is 0 Å². The number of amides is 2. The van der Waals surface area contributed by atoms with Crippen LogP contribution in [0.2, 0.25) is 0 Å². The van der Waals surface area contributed by atoms with Crippen molar-refractivity contribution in [2.24, 2.45) is 0 Å². The SMILES string of the molecule is CSc1ccccc1C(C(=O)NC1CC(F)(F)C1)N(C=O)c1cccc(C=N)c1N. The fourth-order valence-corrected chi connectivity index (χ4v) is 4.16. The highest BCUT2D eigenvalue weighted by atomic mass is 32.2. The molecule has 0 radical (unpaired) electrons. The zero-order chi connectivity index (χ0) is 21.9. The number of carbonyl (C=O) groups excluding carboxylic acids is 2. The Morgan fingerprint density at radius 1 is 1.30 bits per heavy atom. The Kier molecular flexibility index (Phi) is 6.40. The van der Waals surface area contributed by atoms with Gasteiger partial charge in [0.2, 0.25) is 12.3 Å². The second kappa shape index (κ2) is 8.83. The molecule has 0 bridgehead atoms. The normalized spacial score (nSPS) is 16.2. The topological polar surface area (TPSA) is 99.3 Å². The lowest BCUT2D eigenvalue weighted by atomic mass is 9.87. The molecule has 0 spiro atoms. The molecule has 3 rings (SSSR count). The van der Waals surface area contributed by atoms with Crippen LogP contribution in [0.4, 0.5) is 20.2 Å². The molecule has 0 aliphatic heterocycles. The molecule has 158 valence electrons. The number of rotatable bonds is 8.